The Labute approximate surface area is 124 Å². The second kappa shape index (κ2) is 7.06. The zero-order valence-corrected chi connectivity index (χ0v) is 12.9. The molecule has 0 aliphatic heterocycles. The summed E-state index contributed by atoms with van der Waals surface area (Å²) in [5.41, 5.74) is 0.440. The molecule has 0 aliphatic rings. The molecule has 0 heterocycles. The number of sulfonamides is 1. The Balaban J connectivity index is 2.89. The zero-order chi connectivity index (χ0) is 15.3. The minimum atomic E-state index is -3.77. The number of carboxylic acids is 1. The van der Waals surface area contributed by atoms with Crippen LogP contribution in [0.3, 0.4) is 0 Å². The van der Waals surface area contributed by atoms with E-state index in [2.05, 4.69) is 4.72 Å². The van der Waals surface area contributed by atoms with Gasteiger partial charge in [-0.2, -0.15) is 0 Å². The number of carboxylic acid groups (broad SMARTS) is 1. The number of halogens is 1. The van der Waals surface area contributed by atoms with Gasteiger partial charge in [0.15, 0.2) is 0 Å². The SMILES string of the molecule is CC[C@H](C)[C@H](NS(=O)(=O)Cc1ccccc1Cl)C(=O)O. The van der Waals surface area contributed by atoms with Gasteiger partial charge >= 0.3 is 5.97 Å². The predicted molar refractivity (Wildman–Crippen MR) is 78.1 cm³/mol. The summed E-state index contributed by atoms with van der Waals surface area (Å²) in [6.07, 6.45) is 0.561. The van der Waals surface area contributed by atoms with Gasteiger partial charge in [-0.25, -0.2) is 13.1 Å². The van der Waals surface area contributed by atoms with Crippen molar-refractivity contribution >= 4 is 27.6 Å². The summed E-state index contributed by atoms with van der Waals surface area (Å²) in [6, 6.07) is 5.44. The van der Waals surface area contributed by atoms with Gasteiger partial charge in [-0.1, -0.05) is 50.1 Å². The van der Waals surface area contributed by atoms with E-state index in [1.54, 1.807) is 31.2 Å². The van der Waals surface area contributed by atoms with Crippen molar-refractivity contribution in [1.82, 2.24) is 4.72 Å². The van der Waals surface area contributed by atoms with E-state index in [4.69, 9.17) is 16.7 Å². The highest BCUT2D eigenvalue weighted by molar-refractivity contribution is 7.88. The van der Waals surface area contributed by atoms with Crippen molar-refractivity contribution in [2.45, 2.75) is 32.1 Å². The second-order valence-electron chi connectivity index (χ2n) is 4.67. The van der Waals surface area contributed by atoms with Crippen LogP contribution in [0.5, 0.6) is 0 Å². The summed E-state index contributed by atoms with van der Waals surface area (Å²) < 4.78 is 26.3. The van der Waals surface area contributed by atoms with Crippen molar-refractivity contribution in [3.05, 3.63) is 34.9 Å². The van der Waals surface area contributed by atoms with Crippen LogP contribution in [0.2, 0.25) is 5.02 Å². The van der Waals surface area contributed by atoms with Gasteiger partial charge in [0.25, 0.3) is 0 Å². The molecule has 0 saturated heterocycles. The third-order valence-corrected chi connectivity index (χ3v) is 4.76. The molecule has 20 heavy (non-hydrogen) atoms. The van der Waals surface area contributed by atoms with E-state index in [9.17, 15) is 13.2 Å². The van der Waals surface area contributed by atoms with Crippen LogP contribution < -0.4 is 4.72 Å². The fourth-order valence-electron chi connectivity index (χ4n) is 1.70. The van der Waals surface area contributed by atoms with Gasteiger partial charge < -0.3 is 5.11 Å². The van der Waals surface area contributed by atoms with Gasteiger partial charge in [-0.3, -0.25) is 4.79 Å². The lowest BCUT2D eigenvalue weighted by molar-refractivity contribution is -0.140. The first-order valence-corrected chi connectivity index (χ1v) is 8.26. The van der Waals surface area contributed by atoms with Gasteiger partial charge in [0.1, 0.15) is 6.04 Å². The standard InChI is InChI=1S/C13H18ClNO4S/c1-3-9(2)12(13(16)17)15-20(18,19)8-10-6-4-5-7-11(10)14/h4-7,9,12,15H,3,8H2,1-2H3,(H,16,17)/t9-,12-/m0/s1. The van der Waals surface area contributed by atoms with Crippen molar-refractivity contribution in [2.24, 2.45) is 5.92 Å². The average molecular weight is 320 g/mol. The highest BCUT2D eigenvalue weighted by Gasteiger charge is 2.28. The van der Waals surface area contributed by atoms with E-state index in [1.165, 1.54) is 0 Å². The molecular formula is C13H18ClNO4S. The quantitative estimate of drug-likeness (QED) is 0.807. The van der Waals surface area contributed by atoms with Crippen LogP contribution in [-0.2, 0) is 20.6 Å². The Morgan fingerprint density at radius 3 is 2.50 bits per heavy atom. The molecule has 0 saturated carbocycles. The minimum Gasteiger partial charge on any atom is -0.480 e. The Morgan fingerprint density at radius 1 is 1.40 bits per heavy atom. The Kier molecular flexibility index (Phi) is 5.98. The van der Waals surface area contributed by atoms with E-state index in [0.717, 1.165) is 0 Å². The molecule has 5 nitrogen and oxygen atoms in total. The summed E-state index contributed by atoms with van der Waals surface area (Å²) in [6.45, 7) is 3.50. The van der Waals surface area contributed by atoms with Crippen molar-refractivity contribution in [3.8, 4) is 0 Å². The number of hydrogen-bond acceptors (Lipinski definition) is 3. The van der Waals surface area contributed by atoms with E-state index in [1.807, 2.05) is 6.92 Å². The normalized spacial score (nSPS) is 14.8. The van der Waals surface area contributed by atoms with Crippen LogP contribution in [0.4, 0.5) is 0 Å². The lowest BCUT2D eigenvalue weighted by Gasteiger charge is -2.20. The third kappa shape index (κ3) is 4.77. The fraction of sp³-hybridized carbons (Fsp3) is 0.462. The van der Waals surface area contributed by atoms with Crippen molar-refractivity contribution < 1.29 is 18.3 Å². The maximum Gasteiger partial charge on any atom is 0.322 e. The molecular weight excluding hydrogens is 302 g/mol. The molecule has 112 valence electrons. The Morgan fingerprint density at radius 2 is 2.00 bits per heavy atom. The van der Waals surface area contributed by atoms with Gasteiger partial charge in [0.2, 0.25) is 10.0 Å². The summed E-state index contributed by atoms with van der Waals surface area (Å²) >= 11 is 5.91. The van der Waals surface area contributed by atoms with Crippen molar-refractivity contribution in [2.75, 3.05) is 0 Å². The first-order valence-electron chi connectivity index (χ1n) is 6.23. The number of rotatable bonds is 7. The topological polar surface area (TPSA) is 83.5 Å². The van der Waals surface area contributed by atoms with Crippen molar-refractivity contribution in [3.63, 3.8) is 0 Å². The molecule has 7 heteroatoms. The van der Waals surface area contributed by atoms with E-state index in [-0.39, 0.29) is 11.7 Å². The molecule has 0 unspecified atom stereocenters. The molecule has 2 atom stereocenters. The molecule has 0 aromatic heterocycles. The highest BCUT2D eigenvalue weighted by atomic mass is 35.5. The first kappa shape index (κ1) is 16.9. The molecule has 0 fully saturated rings. The van der Waals surface area contributed by atoms with Crippen LogP contribution >= 0.6 is 11.6 Å². The number of nitrogens with one attached hydrogen (secondary N) is 1. The smallest absolute Gasteiger partial charge is 0.322 e. The molecule has 2 N–H and O–H groups in total. The van der Waals surface area contributed by atoms with Gasteiger partial charge in [-0.05, 0) is 17.5 Å². The number of benzene rings is 1. The van der Waals surface area contributed by atoms with Crippen LogP contribution in [-0.4, -0.2) is 25.5 Å². The Bertz CT molecular complexity index is 573. The Hall–Kier alpha value is -1.11. The number of hydrogen-bond donors (Lipinski definition) is 2. The largest absolute Gasteiger partial charge is 0.480 e. The third-order valence-electron chi connectivity index (χ3n) is 3.09. The number of carbonyl (C=O) groups is 1. The van der Waals surface area contributed by atoms with E-state index >= 15 is 0 Å². The fourth-order valence-corrected chi connectivity index (χ4v) is 3.45. The first-order chi connectivity index (χ1) is 9.26. The van der Waals surface area contributed by atoms with E-state index in [0.29, 0.717) is 17.0 Å². The average Bonchev–Trinajstić information content (AvgIpc) is 2.37. The second-order valence-corrected chi connectivity index (χ2v) is 6.83. The lowest BCUT2D eigenvalue weighted by Crippen LogP contribution is -2.45. The summed E-state index contributed by atoms with van der Waals surface area (Å²) in [7, 11) is -3.77. The zero-order valence-electron chi connectivity index (χ0n) is 11.3. The molecule has 1 aromatic rings. The maximum atomic E-state index is 12.1. The molecule has 1 aromatic carbocycles. The highest BCUT2D eigenvalue weighted by Crippen LogP contribution is 2.18. The molecule has 0 bridgehead atoms. The van der Waals surface area contributed by atoms with Crippen LogP contribution in [0.1, 0.15) is 25.8 Å². The van der Waals surface area contributed by atoms with Gasteiger partial charge in [0, 0.05) is 5.02 Å². The van der Waals surface area contributed by atoms with Crippen molar-refractivity contribution in [1.29, 1.82) is 0 Å². The summed E-state index contributed by atoms with van der Waals surface area (Å²) in [5, 5.41) is 9.45. The predicted octanol–water partition coefficient (Wildman–Crippen LogP) is 2.26. The van der Waals surface area contributed by atoms with Crippen LogP contribution in [0.15, 0.2) is 24.3 Å². The summed E-state index contributed by atoms with van der Waals surface area (Å²) in [5.74, 6) is -1.82. The molecule has 1 rings (SSSR count). The van der Waals surface area contributed by atoms with Gasteiger partial charge in [-0.15, -0.1) is 0 Å². The monoisotopic (exact) mass is 319 g/mol. The minimum absolute atomic E-state index is 0.298. The number of aliphatic carboxylic acids is 1. The molecule has 0 aliphatic carbocycles. The van der Waals surface area contributed by atoms with Gasteiger partial charge in [0.05, 0.1) is 5.75 Å². The lowest BCUT2D eigenvalue weighted by atomic mass is 10.0. The maximum absolute atomic E-state index is 12.1. The van der Waals surface area contributed by atoms with Crippen LogP contribution in [0, 0.1) is 5.92 Å². The molecule has 0 radical (unpaired) electrons. The molecule has 0 amide bonds. The van der Waals surface area contributed by atoms with E-state index < -0.39 is 22.0 Å². The molecule has 0 spiro atoms. The van der Waals surface area contributed by atoms with Crippen LogP contribution in [0.25, 0.3) is 0 Å². The summed E-state index contributed by atoms with van der Waals surface area (Å²) in [4.78, 5) is 11.1.